The third kappa shape index (κ3) is 8.85. The zero-order chi connectivity index (χ0) is 10.3. The highest BCUT2D eigenvalue weighted by molar-refractivity contribution is 5.76. The second kappa shape index (κ2) is 6.46. The molecule has 0 heterocycles. The van der Waals surface area contributed by atoms with Crippen LogP contribution in [0.1, 0.15) is 39.0 Å². The molecule has 0 saturated carbocycles. The highest BCUT2D eigenvalue weighted by Gasteiger charge is 2.04. The van der Waals surface area contributed by atoms with Gasteiger partial charge in [0.25, 0.3) is 0 Å². The number of hydrogen-bond acceptors (Lipinski definition) is 2. The molecule has 4 nitrogen and oxygen atoms in total. The number of amidine groups is 1. The first-order chi connectivity index (χ1) is 6.02. The van der Waals surface area contributed by atoms with Crippen LogP contribution in [0, 0.1) is 11.3 Å². The summed E-state index contributed by atoms with van der Waals surface area (Å²) in [6.45, 7) is 2.06. The first-order valence-corrected chi connectivity index (χ1v) is 4.57. The maximum atomic E-state index is 10.2. The topological polar surface area (TPSA) is 87.2 Å². The zero-order valence-electron chi connectivity index (χ0n) is 8.05. The fourth-order valence-corrected chi connectivity index (χ4v) is 1.15. The molecule has 0 fully saturated rings. The molecular weight excluding hydrogens is 168 g/mol. The summed E-state index contributed by atoms with van der Waals surface area (Å²) in [7, 11) is 0. The van der Waals surface area contributed by atoms with E-state index in [0.29, 0.717) is 18.8 Å². The largest absolute Gasteiger partial charge is 0.481 e. The molecule has 0 aliphatic rings. The van der Waals surface area contributed by atoms with Crippen molar-refractivity contribution in [2.24, 2.45) is 11.7 Å². The first-order valence-electron chi connectivity index (χ1n) is 4.57. The van der Waals surface area contributed by atoms with E-state index >= 15 is 0 Å². The minimum atomic E-state index is -0.737. The van der Waals surface area contributed by atoms with Crippen LogP contribution >= 0.6 is 0 Å². The van der Waals surface area contributed by atoms with Crippen molar-refractivity contribution in [1.82, 2.24) is 0 Å². The van der Waals surface area contributed by atoms with Gasteiger partial charge >= 0.3 is 5.97 Å². The van der Waals surface area contributed by atoms with Crippen LogP contribution in [0.15, 0.2) is 0 Å². The maximum absolute atomic E-state index is 10.2. The summed E-state index contributed by atoms with van der Waals surface area (Å²) in [5.41, 5.74) is 5.21. The Morgan fingerprint density at radius 2 is 2.08 bits per heavy atom. The minimum Gasteiger partial charge on any atom is -0.481 e. The first kappa shape index (κ1) is 11.9. The van der Waals surface area contributed by atoms with E-state index in [1.165, 1.54) is 0 Å². The van der Waals surface area contributed by atoms with E-state index in [0.717, 1.165) is 12.8 Å². The van der Waals surface area contributed by atoms with E-state index in [9.17, 15) is 4.79 Å². The molecule has 4 heteroatoms. The van der Waals surface area contributed by atoms with E-state index in [1.54, 1.807) is 0 Å². The van der Waals surface area contributed by atoms with Gasteiger partial charge in [-0.15, -0.1) is 0 Å². The second-order valence-electron chi connectivity index (χ2n) is 3.46. The molecule has 13 heavy (non-hydrogen) atoms. The molecule has 0 aromatic rings. The molecule has 0 aliphatic carbocycles. The van der Waals surface area contributed by atoms with Crippen LogP contribution in [0.2, 0.25) is 0 Å². The summed E-state index contributed by atoms with van der Waals surface area (Å²) in [5, 5.41) is 15.4. The van der Waals surface area contributed by atoms with Crippen LogP contribution in [0.4, 0.5) is 0 Å². The molecule has 0 aromatic heterocycles. The average molecular weight is 186 g/mol. The number of carboxylic acids is 1. The summed E-state index contributed by atoms with van der Waals surface area (Å²) in [5.74, 6) is -0.0629. The normalized spacial score (nSPS) is 12.4. The predicted octanol–water partition coefficient (Wildman–Crippen LogP) is 1.59. The molecule has 1 unspecified atom stereocenters. The Kier molecular flexibility index (Phi) is 5.93. The quantitative estimate of drug-likeness (QED) is 0.417. The predicted molar refractivity (Wildman–Crippen MR) is 51.8 cm³/mol. The number of hydrogen-bond donors (Lipinski definition) is 3. The van der Waals surface area contributed by atoms with Gasteiger partial charge in [-0.2, -0.15) is 0 Å². The summed E-state index contributed by atoms with van der Waals surface area (Å²) < 4.78 is 0. The second-order valence-corrected chi connectivity index (χ2v) is 3.46. The summed E-state index contributed by atoms with van der Waals surface area (Å²) >= 11 is 0. The summed E-state index contributed by atoms with van der Waals surface area (Å²) in [4.78, 5) is 10.2. The number of nitrogens with two attached hydrogens (primary N) is 1. The van der Waals surface area contributed by atoms with Crippen LogP contribution in [-0.2, 0) is 4.79 Å². The van der Waals surface area contributed by atoms with Crippen LogP contribution < -0.4 is 5.73 Å². The number of aliphatic carboxylic acids is 1. The molecule has 76 valence electrons. The van der Waals surface area contributed by atoms with Crippen molar-refractivity contribution < 1.29 is 9.90 Å². The molecule has 0 amide bonds. The van der Waals surface area contributed by atoms with Crippen molar-refractivity contribution in [3.63, 3.8) is 0 Å². The van der Waals surface area contributed by atoms with Gasteiger partial charge in [0.15, 0.2) is 0 Å². The molecule has 0 aliphatic heterocycles. The van der Waals surface area contributed by atoms with Crippen LogP contribution in [0.5, 0.6) is 0 Å². The number of carbonyl (C=O) groups is 1. The Labute approximate surface area is 78.6 Å². The monoisotopic (exact) mass is 186 g/mol. The van der Waals surface area contributed by atoms with Gasteiger partial charge in [-0.25, -0.2) is 0 Å². The smallest absolute Gasteiger partial charge is 0.303 e. The zero-order valence-corrected chi connectivity index (χ0v) is 8.05. The van der Waals surface area contributed by atoms with E-state index in [2.05, 4.69) is 6.92 Å². The molecule has 0 spiro atoms. The number of carboxylic acid groups (broad SMARTS) is 1. The van der Waals surface area contributed by atoms with Crippen molar-refractivity contribution in [2.45, 2.75) is 39.0 Å². The van der Waals surface area contributed by atoms with Gasteiger partial charge in [-0.1, -0.05) is 13.3 Å². The fourth-order valence-electron chi connectivity index (χ4n) is 1.15. The van der Waals surface area contributed by atoms with Gasteiger partial charge in [-0.3, -0.25) is 10.2 Å². The van der Waals surface area contributed by atoms with Gasteiger partial charge in [0.1, 0.15) is 0 Å². The molecule has 0 saturated heterocycles. The van der Waals surface area contributed by atoms with E-state index < -0.39 is 5.97 Å². The Bertz CT molecular complexity index is 180. The Hall–Kier alpha value is -1.06. The van der Waals surface area contributed by atoms with Crippen molar-refractivity contribution >= 4 is 11.8 Å². The molecule has 0 rings (SSSR count). The van der Waals surface area contributed by atoms with E-state index in [1.807, 2.05) is 0 Å². The lowest BCUT2D eigenvalue weighted by atomic mass is 9.98. The van der Waals surface area contributed by atoms with Crippen LogP contribution in [-0.4, -0.2) is 16.9 Å². The highest BCUT2D eigenvalue weighted by atomic mass is 16.4. The van der Waals surface area contributed by atoms with Crippen molar-refractivity contribution in [1.29, 1.82) is 5.41 Å². The van der Waals surface area contributed by atoms with Crippen molar-refractivity contribution in [2.75, 3.05) is 0 Å². The van der Waals surface area contributed by atoms with E-state index in [4.69, 9.17) is 16.2 Å². The summed E-state index contributed by atoms with van der Waals surface area (Å²) in [6.07, 6.45) is 3.36. The lowest BCUT2D eigenvalue weighted by molar-refractivity contribution is -0.137. The lowest BCUT2D eigenvalue weighted by Gasteiger charge is -2.08. The third-order valence-electron chi connectivity index (χ3n) is 1.99. The maximum Gasteiger partial charge on any atom is 0.303 e. The molecule has 4 N–H and O–H groups in total. The third-order valence-corrected chi connectivity index (χ3v) is 1.99. The van der Waals surface area contributed by atoms with Crippen molar-refractivity contribution in [3.05, 3.63) is 0 Å². The Morgan fingerprint density at radius 3 is 2.54 bits per heavy atom. The minimum absolute atomic E-state index is 0.213. The van der Waals surface area contributed by atoms with Gasteiger partial charge in [-0.05, 0) is 18.8 Å². The van der Waals surface area contributed by atoms with Gasteiger partial charge < -0.3 is 10.8 Å². The number of nitrogens with one attached hydrogen (secondary N) is 1. The molecule has 0 bridgehead atoms. The lowest BCUT2D eigenvalue weighted by Crippen LogP contribution is -2.11. The summed E-state index contributed by atoms with van der Waals surface area (Å²) in [6, 6.07) is 0. The SMILES string of the molecule is CC(CCCC(=O)O)CCC(=N)N. The van der Waals surface area contributed by atoms with Crippen LogP contribution in [0.3, 0.4) is 0 Å². The highest BCUT2D eigenvalue weighted by Crippen LogP contribution is 2.13. The van der Waals surface area contributed by atoms with Gasteiger partial charge in [0, 0.05) is 12.8 Å². The Morgan fingerprint density at radius 1 is 1.46 bits per heavy atom. The average Bonchev–Trinajstić information content (AvgIpc) is 2.00. The van der Waals surface area contributed by atoms with Gasteiger partial charge in [0.05, 0.1) is 5.84 Å². The fraction of sp³-hybridized carbons (Fsp3) is 0.778. The Balaban J connectivity index is 3.35. The van der Waals surface area contributed by atoms with Crippen molar-refractivity contribution in [3.8, 4) is 0 Å². The van der Waals surface area contributed by atoms with Crippen LogP contribution in [0.25, 0.3) is 0 Å². The standard InChI is InChI=1S/C9H18N2O2/c1-7(5-6-8(10)11)3-2-4-9(12)13/h7H,2-6H2,1H3,(H3,10,11)(H,12,13). The number of rotatable bonds is 7. The molecular formula is C9H18N2O2. The van der Waals surface area contributed by atoms with Gasteiger partial charge in [0.2, 0.25) is 0 Å². The molecule has 0 radical (unpaired) electrons. The molecule has 1 atom stereocenters. The molecule has 0 aromatic carbocycles. The van der Waals surface area contributed by atoms with E-state index in [-0.39, 0.29) is 12.3 Å².